The third-order valence-corrected chi connectivity index (χ3v) is 9.34. The first-order chi connectivity index (χ1) is 22.5. The Labute approximate surface area is 284 Å². The molecule has 2 amide bonds. The number of halogens is 2. The molecule has 0 aromatic heterocycles. The summed E-state index contributed by atoms with van der Waals surface area (Å²) < 4.78 is 11.6. The lowest BCUT2D eigenvalue weighted by Crippen LogP contribution is -2.46. The van der Waals surface area contributed by atoms with Crippen molar-refractivity contribution >= 4 is 58.5 Å². The quantitative estimate of drug-likeness (QED) is 0.210. The number of hydrogen-bond donors (Lipinski definition) is 4. The third kappa shape index (κ3) is 7.29. The van der Waals surface area contributed by atoms with Gasteiger partial charge in [-0.25, -0.2) is 4.99 Å². The number of rotatable bonds is 10. The van der Waals surface area contributed by atoms with Gasteiger partial charge in [0, 0.05) is 61.6 Å². The Hall–Kier alpha value is -4.00. The summed E-state index contributed by atoms with van der Waals surface area (Å²) in [5.41, 5.74) is 4.55. The van der Waals surface area contributed by atoms with Crippen LogP contribution in [0.25, 0.3) is 16.8 Å². The van der Waals surface area contributed by atoms with Crippen LogP contribution in [0.1, 0.15) is 31.7 Å². The van der Waals surface area contributed by atoms with Gasteiger partial charge in [-0.2, -0.15) is 5.10 Å². The van der Waals surface area contributed by atoms with E-state index in [9.17, 15) is 14.7 Å². The standard InChI is InChI=1S/C34H38Cl2N6O5/c1-18-16-26(46-4)31(37-17-20-12-13-27(43)40-20)28(18)33(47-5)39-19(2)21-8-6-9-22(29(21)35)23-10-7-11-25(30(23)36)41-32(44)24-14-15-38-42(3)34(24)45/h6-11,14-15,20,26,31,34,37,45H,2,12-13,16-17H2,1,3-5H3,(H,40,43)(H,41,44)/t20-,26-,31-,34?/m0/s1. The fourth-order valence-electron chi connectivity index (χ4n) is 6.00. The van der Waals surface area contributed by atoms with Crippen molar-refractivity contribution in [3.05, 3.63) is 81.4 Å². The van der Waals surface area contributed by atoms with Crippen molar-refractivity contribution in [2.45, 2.75) is 50.6 Å². The third-order valence-electron chi connectivity index (χ3n) is 8.53. The summed E-state index contributed by atoms with van der Waals surface area (Å²) in [5, 5.41) is 25.6. The van der Waals surface area contributed by atoms with Crippen molar-refractivity contribution in [3.8, 4) is 11.1 Å². The number of benzene rings is 2. The molecule has 5 rings (SSSR count). The second kappa shape index (κ2) is 14.8. The monoisotopic (exact) mass is 680 g/mol. The molecule has 1 fully saturated rings. The molecule has 1 saturated heterocycles. The molecule has 2 aromatic rings. The van der Waals surface area contributed by atoms with E-state index >= 15 is 0 Å². The summed E-state index contributed by atoms with van der Waals surface area (Å²) in [6, 6.07) is 10.5. The number of aliphatic imine (C=N–C) groups is 1. The minimum absolute atomic E-state index is 0.0485. The van der Waals surface area contributed by atoms with E-state index in [1.165, 1.54) is 17.3 Å². The number of hydrogen-bond acceptors (Lipinski definition) is 9. The topological polar surface area (TPSA) is 137 Å². The smallest absolute Gasteiger partial charge is 0.256 e. The average Bonchev–Trinajstić information content (AvgIpc) is 3.62. The number of allylic oxidation sites excluding steroid dienone is 1. The van der Waals surface area contributed by atoms with E-state index in [-0.39, 0.29) is 34.7 Å². The average molecular weight is 682 g/mol. The number of aliphatic hydroxyl groups excluding tert-OH is 1. The van der Waals surface area contributed by atoms with Gasteiger partial charge in [0.15, 0.2) is 6.23 Å². The number of methoxy groups -OCH3 is 2. The van der Waals surface area contributed by atoms with Crippen LogP contribution in [0, 0.1) is 0 Å². The molecule has 4 N–H and O–H groups in total. The van der Waals surface area contributed by atoms with Gasteiger partial charge in [0.25, 0.3) is 5.91 Å². The molecule has 1 unspecified atom stereocenters. The summed E-state index contributed by atoms with van der Waals surface area (Å²) in [6.07, 6.45) is 3.55. The first-order valence-electron chi connectivity index (χ1n) is 15.1. The lowest BCUT2D eigenvalue weighted by Gasteiger charge is -2.25. The predicted octanol–water partition coefficient (Wildman–Crippen LogP) is 4.76. The predicted molar refractivity (Wildman–Crippen MR) is 185 cm³/mol. The molecule has 2 heterocycles. The molecule has 0 spiro atoms. The van der Waals surface area contributed by atoms with Crippen LogP contribution in [-0.2, 0) is 19.1 Å². The number of likely N-dealkylation sites (N-methyl/N-ethyl adjacent to an activating group) is 1. The molecule has 2 aromatic carbocycles. The van der Waals surface area contributed by atoms with Gasteiger partial charge < -0.3 is 30.5 Å². The molecule has 47 heavy (non-hydrogen) atoms. The zero-order valence-electron chi connectivity index (χ0n) is 26.6. The zero-order valence-corrected chi connectivity index (χ0v) is 28.2. The largest absolute Gasteiger partial charge is 0.481 e. The number of ether oxygens (including phenoxy) is 2. The van der Waals surface area contributed by atoms with E-state index in [0.29, 0.717) is 58.4 Å². The van der Waals surface area contributed by atoms with Gasteiger partial charge >= 0.3 is 0 Å². The van der Waals surface area contributed by atoms with Crippen LogP contribution >= 0.6 is 23.2 Å². The van der Waals surface area contributed by atoms with Crippen LogP contribution in [0.5, 0.6) is 0 Å². The van der Waals surface area contributed by atoms with Crippen LogP contribution in [-0.4, -0.2) is 86.3 Å². The highest BCUT2D eigenvalue weighted by Crippen LogP contribution is 2.41. The number of anilines is 1. The lowest BCUT2D eigenvalue weighted by atomic mass is 10.0. The first-order valence-corrected chi connectivity index (χ1v) is 15.9. The van der Waals surface area contributed by atoms with Gasteiger partial charge in [-0.3, -0.25) is 14.6 Å². The Morgan fingerprint density at radius 2 is 1.91 bits per heavy atom. The molecule has 248 valence electrons. The van der Waals surface area contributed by atoms with Crippen molar-refractivity contribution in [3.63, 3.8) is 0 Å². The Bertz CT molecular complexity index is 1700. The molecule has 11 nitrogen and oxygen atoms in total. The molecule has 2 aliphatic heterocycles. The molecule has 0 bridgehead atoms. The van der Waals surface area contributed by atoms with Crippen LogP contribution < -0.4 is 16.0 Å². The Balaban J connectivity index is 1.40. The van der Waals surface area contributed by atoms with Crippen molar-refractivity contribution in [2.24, 2.45) is 10.1 Å². The Morgan fingerprint density at radius 3 is 2.60 bits per heavy atom. The van der Waals surface area contributed by atoms with Crippen molar-refractivity contribution in [1.82, 2.24) is 15.6 Å². The van der Waals surface area contributed by atoms with Crippen LogP contribution in [0.2, 0.25) is 10.0 Å². The van der Waals surface area contributed by atoms with E-state index in [1.807, 2.05) is 25.1 Å². The first kappa shape index (κ1) is 34.3. The van der Waals surface area contributed by atoms with Crippen molar-refractivity contribution < 1.29 is 24.2 Å². The van der Waals surface area contributed by atoms with Crippen LogP contribution in [0.15, 0.2) is 75.9 Å². The van der Waals surface area contributed by atoms with Crippen molar-refractivity contribution in [2.75, 3.05) is 33.1 Å². The van der Waals surface area contributed by atoms with E-state index in [1.54, 1.807) is 39.5 Å². The maximum atomic E-state index is 13.0. The van der Waals surface area contributed by atoms with Crippen LogP contribution in [0.3, 0.4) is 0 Å². The van der Waals surface area contributed by atoms with E-state index < -0.39 is 12.1 Å². The fourth-order valence-corrected chi connectivity index (χ4v) is 6.62. The van der Waals surface area contributed by atoms with Gasteiger partial charge in [0.05, 0.1) is 46.3 Å². The van der Waals surface area contributed by atoms with E-state index in [4.69, 9.17) is 37.7 Å². The van der Waals surface area contributed by atoms with Crippen LogP contribution in [0.4, 0.5) is 5.69 Å². The molecule has 0 saturated carbocycles. The number of nitrogens with zero attached hydrogens (tertiary/aromatic N) is 3. The Morgan fingerprint density at radius 1 is 1.19 bits per heavy atom. The highest BCUT2D eigenvalue weighted by Gasteiger charge is 2.37. The van der Waals surface area contributed by atoms with Crippen molar-refractivity contribution in [1.29, 1.82) is 0 Å². The summed E-state index contributed by atoms with van der Waals surface area (Å²) >= 11 is 13.8. The second-order valence-electron chi connectivity index (χ2n) is 11.6. The minimum atomic E-state index is -1.19. The SMILES string of the molecule is C=C(N=C(OC)C1=C(C)C[C@H](OC)[C@@H]1NC[C@@H]1CCC(=O)N1)c1cccc(-c2cccc(NC(=O)C3=CC=NN(C)C3O)c2Cl)c1Cl. The van der Waals surface area contributed by atoms with Gasteiger partial charge in [0.2, 0.25) is 11.8 Å². The molecule has 13 heteroatoms. The van der Waals surface area contributed by atoms with Gasteiger partial charge in [-0.15, -0.1) is 0 Å². The molecular formula is C34H38Cl2N6O5. The lowest BCUT2D eigenvalue weighted by molar-refractivity contribution is -0.119. The number of aliphatic hydroxyl groups is 1. The molecule has 4 atom stereocenters. The fraction of sp³-hybridized carbons (Fsp3) is 0.353. The van der Waals surface area contributed by atoms with E-state index in [0.717, 1.165) is 17.6 Å². The number of nitrogens with one attached hydrogen (secondary N) is 3. The number of carbonyl (C=O) groups excluding carboxylic acids is 2. The molecule has 0 radical (unpaired) electrons. The van der Waals surface area contributed by atoms with Gasteiger partial charge in [-0.05, 0) is 31.9 Å². The normalized spacial score (nSPS) is 22.8. The molecule has 1 aliphatic carbocycles. The maximum Gasteiger partial charge on any atom is 0.256 e. The number of amides is 2. The number of carbonyl (C=O) groups is 2. The Kier molecular flexibility index (Phi) is 10.8. The van der Waals surface area contributed by atoms with E-state index in [2.05, 4.69) is 27.6 Å². The number of hydrazone groups is 1. The minimum Gasteiger partial charge on any atom is -0.481 e. The second-order valence-corrected chi connectivity index (χ2v) is 12.3. The van der Waals surface area contributed by atoms with Gasteiger partial charge in [0.1, 0.15) is 0 Å². The molecule has 3 aliphatic rings. The maximum absolute atomic E-state index is 13.0. The summed E-state index contributed by atoms with van der Waals surface area (Å²) in [5.74, 6) is -0.0671. The highest BCUT2D eigenvalue weighted by molar-refractivity contribution is 6.39. The summed E-state index contributed by atoms with van der Waals surface area (Å²) in [4.78, 5) is 29.5. The van der Waals surface area contributed by atoms with Gasteiger partial charge in [-0.1, -0.05) is 65.7 Å². The highest BCUT2D eigenvalue weighted by atomic mass is 35.5. The summed E-state index contributed by atoms with van der Waals surface area (Å²) in [7, 11) is 4.80. The zero-order chi connectivity index (χ0) is 33.8. The molecular weight excluding hydrogens is 643 g/mol. The summed E-state index contributed by atoms with van der Waals surface area (Å²) in [6.45, 7) is 6.83.